The second-order valence-corrected chi connectivity index (χ2v) is 10.4. The summed E-state index contributed by atoms with van der Waals surface area (Å²) in [6, 6.07) is 12.8. The Balaban J connectivity index is 1.49. The highest BCUT2D eigenvalue weighted by atomic mass is 32.1. The number of phenols is 1. The van der Waals surface area contributed by atoms with Crippen molar-refractivity contribution in [3.05, 3.63) is 75.9 Å². The lowest BCUT2D eigenvalue weighted by Gasteiger charge is -2.17. The summed E-state index contributed by atoms with van der Waals surface area (Å²) < 4.78 is 5.85. The molecule has 0 bridgehead atoms. The van der Waals surface area contributed by atoms with E-state index in [1.165, 1.54) is 30.3 Å². The van der Waals surface area contributed by atoms with Gasteiger partial charge in [-0.3, -0.25) is 14.4 Å². The maximum Gasteiger partial charge on any atom is 0.336 e. The second-order valence-electron chi connectivity index (χ2n) is 9.97. The number of nitrogens with two attached hydrogens (primary N) is 1. The molecule has 11 heteroatoms. The normalized spacial score (nSPS) is 12.0. The Hall–Kier alpha value is -4.19. The number of benzene rings is 3. The minimum absolute atomic E-state index is 0.0476. The molecule has 220 valence electrons. The Labute approximate surface area is 247 Å². The van der Waals surface area contributed by atoms with E-state index in [1.807, 2.05) is 0 Å². The maximum absolute atomic E-state index is 12.9. The van der Waals surface area contributed by atoms with Crippen molar-refractivity contribution in [3.63, 3.8) is 0 Å². The molecular formula is C31H33N3O7S. The number of carbonyl (C=O) groups excluding carboxylic acids is 2. The number of aromatic hydroxyl groups is 1. The van der Waals surface area contributed by atoms with E-state index in [0.29, 0.717) is 61.0 Å². The van der Waals surface area contributed by atoms with Crippen LogP contribution < -0.4 is 21.8 Å². The zero-order valence-electron chi connectivity index (χ0n) is 22.9. The molecule has 0 saturated carbocycles. The predicted molar refractivity (Wildman–Crippen MR) is 163 cm³/mol. The van der Waals surface area contributed by atoms with Crippen LogP contribution in [0.25, 0.3) is 33.4 Å². The summed E-state index contributed by atoms with van der Waals surface area (Å²) in [6.07, 6.45) is 3.72. The zero-order valence-corrected chi connectivity index (χ0v) is 23.8. The summed E-state index contributed by atoms with van der Waals surface area (Å²) in [6.45, 7) is 1.53. The number of carbonyl (C=O) groups is 3. The van der Waals surface area contributed by atoms with Gasteiger partial charge in [-0.2, -0.15) is 0 Å². The minimum Gasteiger partial charge on any atom is -0.508 e. The summed E-state index contributed by atoms with van der Waals surface area (Å²) in [5.74, 6) is -1.45. The van der Waals surface area contributed by atoms with Gasteiger partial charge in [0.2, 0.25) is 5.12 Å². The monoisotopic (exact) mass is 591 g/mol. The molecule has 2 aromatic rings. The van der Waals surface area contributed by atoms with Crippen molar-refractivity contribution >= 4 is 40.6 Å². The molecule has 0 unspecified atom stereocenters. The number of aromatic carboxylic acids is 1. The van der Waals surface area contributed by atoms with Crippen LogP contribution in [-0.2, 0) is 4.79 Å². The van der Waals surface area contributed by atoms with Crippen LogP contribution in [0.4, 0.5) is 0 Å². The lowest BCUT2D eigenvalue weighted by molar-refractivity contribution is -0.112. The quantitative estimate of drug-likeness (QED) is 0.0719. The van der Waals surface area contributed by atoms with E-state index in [-0.39, 0.29) is 44.8 Å². The van der Waals surface area contributed by atoms with E-state index < -0.39 is 11.9 Å². The Morgan fingerprint density at radius 2 is 1.69 bits per heavy atom. The molecule has 1 amide bonds. The van der Waals surface area contributed by atoms with E-state index >= 15 is 0 Å². The number of thiol groups is 1. The standard InChI is InChI=1S/C31H33N3O7S/c32-12-2-1-5-25(31(40)42)33-13-3-4-14-34-29(37)18-6-9-21(24(15-18)30(38)39)28-22-10-7-19(35)16-26(22)41-27-17-20(36)8-11-23(27)28/h6-11,15-17,25,33,35H,1-5,12-14,32H2,(H,34,37)(H,38,39)(H,40,42)/t25-/m0/s1. The van der Waals surface area contributed by atoms with Crippen LogP contribution in [0.5, 0.6) is 5.75 Å². The van der Waals surface area contributed by atoms with Crippen molar-refractivity contribution in [2.75, 3.05) is 19.6 Å². The van der Waals surface area contributed by atoms with Crippen LogP contribution in [0.2, 0.25) is 0 Å². The number of nitrogens with one attached hydrogen (secondary N) is 2. The van der Waals surface area contributed by atoms with Gasteiger partial charge in [-0.1, -0.05) is 12.5 Å². The third-order valence-electron chi connectivity index (χ3n) is 6.98. The van der Waals surface area contributed by atoms with Crippen molar-refractivity contribution in [2.24, 2.45) is 5.73 Å². The van der Waals surface area contributed by atoms with Gasteiger partial charge in [0.1, 0.15) is 17.1 Å². The molecule has 2 aromatic carbocycles. The smallest absolute Gasteiger partial charge is 0.336 e. The molecule has 10 nitrogen and oxygen atoms in total. The lowest BCUT2D eigenvalue weighted by Crippen LogP contribution is -2.35. The summed E-state index contributed by atoms with van der Waals surface area (Å²) in [7, 11) is 0. The van der Waals surface area contributed by atoms with Crippen LogP contribution in [0.3, 0.4) is 0 Å². The van der Waals surface area contributed by atoms with Crippen molar-refractivity contribution in [2.45, 2.75) is 38.1 Å². The van der Waals surface area contributed by atoms with Gasteiger partial charge in [0.25, 0.3) is 5.91 Å². The summed E-state index contributed by atoms with van der Waals surface area (Å²) in [5.41, 5.74) is 6.94. The fourth-order valence-corrected chi connectivity index (χ4v) is 5.09. The van der Waals surface area contributed by atoms with Crippen molar-refractivity contribution in [3.8, 4) is 28.2 Å². The number of hydrogen-bond donors (Lipinski definition) is 6. The molecule has 1 heterocycles. The van der Waals surface area contributed by atoms with Gasteiger partial charge in [0, 0.05) is 40.8 Å². The predicted octanol–water partition coefficient (Wildman–Crippen LogP) is 4.02. The number of phenolic OH excluding ortho intramolecular Hbond substituents is 1. The maximum atomic E-state index is 12.9. The number of hydrogen-bond acceptors (Lipinski definition) is 8. The summed E-state index contributed by atoms with van der Waals surface area (Å²) in [5, 5.41) is 26.4. The Morgan fingerprint density at radius 1 is 0.929 bits per heavy atom. The van der Waals surface area contributed by atoms with Crippen molar-refractivity contribution in [1.82, 2.24) is 10.6 Å². The number of carboxylic acids is 1. The SMILES string of the molecule is NCCCC[C@H](NCCCCNC(=O)c1ccc(-c2c3ccc(=O)cc-3oc3cc(O)ccc23)c(C(=O)O)c1)C(=O)S. The first kappa shape index (κ1) is 30.8. The van der Waals surface area contributed by atoms with Crippen LogP contribution >= 0.6 is 12.6 Å². The van der Waals surface area contributed by atoms with E-state index in [1.54, 1.807) is 24.3 Å². The molecular weight excluding hydrogens is 558 g/mol. The van der Waals surface area contributed by atoms with Gasteiger partial charge in [-0.05, 0) is 80.7 Å². The van der Waals surface area contributed by atoms with Gasteiger partial charge >= 0.3 is 5.97 Å². The van der Waals surface area contributed by atoms with E-state index in [4.69, 9.17) is 10.2 Å². The van der Waals surface area contributed by atoms with Gasteiger partial charge < -0.3 is 31.0 Å². The van der Waals surface area contributed by atoms with Crippen LogP contribution in [0.15, 0.2) is 63.8 Å². The average Bonchev–Trinajstić information content (AvgIpc) is 2.96. The van der Waals surface area contributed by atoms with Gasteiger partial charge in [-0.25, -0.2) is 4.79 Å². The molecule has 1 aliphatic carbocycles. The minimum atomic E-state index is -1.23. The highest BCUT2D eigenvalue weighted by molar-refractivity contribution is 7.96. The number of amides is 1. The highest BCUT2D eigenvalue weighted by Gasteiger charge is 2.23. The molecule has 1 aliphatic heterocycles. The molecule has 0 spiro atoms. The fourth-order valence-electron chi connectivity index (χ4n) is 4.87. The van der Waals surface area contributed by atoms with Gasteiger partial charge in [-0.15, -0.1) is 12.6 Å². The molecule has 0 saturated heterocycles. The third kappa shape index (κ3) is 7.35. The number of rotatable bonds is 14. The Kier molecular flexibility index (Phi) is 10.3. The van der Waals surface area contributed by atoms with Crippen molar-refractivity contribution in [1.29, 1.82) is 0 Å². The molecule has 2 aliphatic rings. The lowest BCUT2D eigenvalue weighted by atomic mass is 9.90. The largest absolute Gasteiger partial charge is 0.508 e. The first-order chi connectivity index (χ1) is 20.2. The molecule has 0 aromatic heterocycles. The number of unbranched alkanes of at least 4 members (excludes halogenated alkanes) is 2. The Morgan fingerprint density at radius 3 is 2.43 bits per heavy atom. The van der Waals surface area contributed by atoms with E-state index in [2.05, 4.69) is 23.3 Å². The Bertz CT molecular complexity index is 1630. The molecule has 42 heavy (non-hydrogen) atoms. The third-order valence-corrected chi connectivity index (χ3v) is 7.29. The summed E-state index contributed by atoms with van der Waals surface area (Å²) in [4.78, 5) is 49.0. The average molecular weight is 592 g/mol. The fraction of sp³-hybridized carbons (Fsp3) is 0.290. The highest BCUT2D eigenvalue weighted by Crippen LogP contribution is 2.42. The second kappa shape index (κ2) is 14.1. The van der Waals surface area contributed by atoms with Crippen LogP contribution in [0.1, 0.15) is 52.8 Å². The van der Waals surface area contributed by atoms with Crippen LogP contribution in [-0.4, -0.2) is 52.9 Å². The van der Waals surface area contributed by atoms with E-state index in [0.717, 1.165) is 12.8 Å². The first-order valence-electron chi connectivity index (χ1n) is 13.7. The summed E-state index contributed by atoms with van der Waals surface area (Å²) >= 11 is 3.94. The molecule has 6 N–H and O–H groups in total. The first-order valence-corrected chi connectivity index (χ1v) is 14.2. The van der Waals surface area contributed by atoms with Crippen molar-refractivity contribution < 1.29 is 29.0 Å². The zero-order chi connectivity index (χ0) is 30.2. The number of fused-ring (bicyclic) bond motifs is 2. The molecule has 1 atom stereocenters. The molecule has 0 fully saturated rings. The molecule has 0 radical (unpaired) electrons. The topological polar surface area (TPSA) is 172 Å². The van der Waals surface area contributed by atoms with E-state index in [9.17, 15) is 29.4 Å². The number of carboxylic acid groups (broad SMARTS) is 1. The van der Waals surface area contributed by atoms with Gasteiger partial charge in [0.15, 0.2) is 5.43 Å². The molecule has 4 rings (SSSR count). The van der Waals surface area contributed by atoms with Gasteiger partial charge in [0.05, 0.1) is 11.6 Å². The van der Waals surface area contributed by atoms with Crippen LogP contribution in [0, 0.1) is 0 Å².